The minimum absolute atomic E-state index is 0.0843. The molecule has 1 amide bonds. The zero-order valence-electron chi connectivity index (χ0n) is 15.1. The summed E-state index contributed by atoms with van der Waals surface area (Å²) < 4.78 is 32.8. The number of nitrogens with one attached hydrogen (secondary N) is 1. The van der Waals surface area contributed by atoms with Gasteiger partial charge in [-0.05, 0) is 48.6 Å². The Labute approximate surface area is 176 Å². The second kappa shape index (κ2) is 8.23. The monoisotopic (exact) mass is 452 g/mol. The molecule has 0 aliphatic carbocycles. The average molecular weight is 453 g/mol. The molecule has 11 heteroatoms. The average Bonchev–Trinajstić information content (AvgIpc) is 3.41. The lowest BCUT2D eigenvalue weighted by Gasteiger charge is -2.32. The molecule has 152 valence electrons. The molecule has 1 N–H and O–H groups in total. The van der Waals surface area contributed by atoms with Crippen molar-refractivity contribution in [2.45, 2.75) is 29.5 Å². The Hall–Kier alpha value is -2.27. The molecule has 1 atom stereocenters. The van der Waals surface area contributed by atoms with E-state index in [0.717, 1.165) is 17.8 Å². The maximum absolute atomic E-state index is 12.9. The Morgan fingerprint density at radius 2 is 2.00 bits per heavy atom. The van der Waals surface area contributed by atoms with E-state index in [2.05, 4.69) is 15.5 Å². The van der Waals surface area contributed by atoms with Gasteiger partial charge >= 0.3 is 6.01 Å². The predicted molar refractivity (Wildman–Crippen MR) is 109 cm³/mol. The Bertz CT molecular complexity index is 1100. The molecule has 1 aliphatic rings. The van der Waals surface area contributed by atoms with E-state index < -0.39 is 22.0 Å². The van der Waals surface area contributed by atoms with Crippen LogP contribution in [0, 0.1) is 0 Å². The van der Waals surface area contributed by atoms with Crippen molar-refractivity contribution in [1.82, 2.24) is 14.5 Å². The molecule has 3 heterocycles. The number of anilines is 1. The number of hydrogen-bond donors (Lipinski definition) is 1. The standard InChI is InChI=1S/C18H17ClN4O4S2/c19-13-8-6-12(7-9-13)17-21-22-18(27-17)20-16(24)14-4-1-2-10-23(14)29(25,26)15-5-3-11-28-15/h3,5-9,11,14H,1-2,4,10H2,(H,20,22,24). The molecule has 1 unspecified atom stereocenters. The summed E-state index contributed by atoms with van der Waals surface area (Å²) in [6.45, 7) is 0.290. The van der Waals surface area contributed by atoms with Crippen LogP contribution in [0.4, 0.5) is 6.01 Å². The fourth-order valence-electron chi connectivity index (χ4n) is 3.15. The van der Waals surface area contributed by atoms with Crippen LogP contribution in [0.15, 0.2) is 50.4 Å². The number of thiophene rings is 1. The fraction of sp³-hybridized carbons (Fsp3) is 0.278. The summed E-state index contributed by atoms with van der Waals surface area (Å²) in [4.78, 5) is 12.8. The number of benzene rings is 1. The van der Waals surface area contributed by atoms with Crippen LogP contribution in [-0.4, -0.2) is 41.4 Å². The number of sulfonamides is 1. The Balaban J connectivity index is 1.52. The number of amides is 1. The minimum atomic E-state index is -3.74. The van der Waals surface area contributed by atoms with Gasteiger partial charge in [-0.15, -0.1) is 16.4 Å². The number of halogens is 1. The van der Waals surface area contributed by atoms with Crippen molar-refractivity contribution in [2.75, 3.05) is 11.9 Å². The number of carbonyl (C=O) groups excluding carboxylic acids is 1. The highest BCUT2D eigenvalue weighted by Crippen LogP contribution is 2.29. The van der Waals surface area contributed by atoms with Crippen LogP contribution in [0.25, 0.3) is 11.5 Å². The summed E-state index contributed by atoms with van der Waals surface area (Å²) in [6.07, 6.45) is 1.89. The third-order valence-corrected chi connectivity index (χ3v) is 8.09. The van der Waals surface area contributed by atoms with Gasteiger partial charge in [0.15, 0.2) is 0 Å². The smallest absolute Gasteiger partial charge is 0.322 e. The predicted octanol–water partition coefficient (Wildman–Crippen LogP) is 3.63. The molecule has 1 aromatic carbocycles. The first-order chi connectivity index (χ1) is 13.9. The number of carbonyl (C=O) groups is 1. The van der Waals surface area contributed by atoms with Crippen molar-refractivity contribution >= 4 is 44.9 Å². The molecule has 2 aromatic heterocycles. The van der Waals surface area contributed by atoms with Gasteiger partial charge in [0.1, 0.15) is 10.3 Å². The molecular weight excluding hydrogens is 436 g/mol. The summed E-state index contributed by atoms with van der Waals surface area (Å²) in [7, 11) is -3.74. The van der Waals surface area contributed by atoms with Gasteiger partial charge in [0.2, 0.25) is 11.8 Å². The van der Waals surface area contributed by atoms with E-state index in [1.807, 2.05) is 0 Å². The van der Waals surface area contributed by atoms with Gasteiger partial charge in [-0.3, -0.25) is 10.1 Å². The molecule has 4 rings (SSSR count). The Kier molecular flexibility index (Phi) is 5.68. The van der Waals surface area contributed by atoms with Crippen LogP contribution in [0.1, 0.15) is 19.3 Å². The van der Waals surface area contributed by atoms with Crippen molar-refractivity contribution in [2.24, 2.45) is 0 Å². The fourth-order valence-corrected chi connectivity index (χ4v) is 6.05. The molecule has 1 fully saturated rings. The highest BCUT2D eigenvalue weighted by atomic mass is 35.5. The first-order valence-electron chi connectivity index (χ1n) is 8.91. The van der Waals surface area contributed by atoms with E-state index in [4.69, 9.17) is 16.0 Å². The van der Waals surface area contributed by atoms with Gasteiger partial charge < -0.3 is 4.42 Å². The molecule has 8 nitrogen and oxygen atoms in total. The van der Waals surface area contributed by atoms with Crippen LogP contribution in [0.2, 0.25) is 5.02 Å². The lowest BCUT2D eigenvalue weighted by molar-refractivity contribution is -0.120. The zero-order valence-corrected chi connectivity index (χ0v) is 17.5. The van der Waals surface area contributed by atoms with Crippen LogP contribution in [0.5, 0.6) is 0 Å². The van der Waals surface area contributed by atoms with E-state index >= 15 is 0 Å². The summed E-state index contributed by atoms with van der Waals surface area (Å²) in [5.74, 6) is -0.264. The van der Waals surface area contributed by atoms with Gasteiger partial charge in [0, 0.05) is 17.1 Å². The van der Waals surface area contributed by atoms with Crippen LogP contribution in [-0.2, 0) is 14.8 Å². The third-order valence-electron chi connectivity index (χ3n) is 4.56. The summed E-state index contributed by atoms with van der Waals surface area (Å²) in [6, 6.07) is 9.12. The number of hydrogen-bond acceptors (Lipinski definition) is 7. The van der Waals surface area contributed by atoms with Crippen LogP contribution < -0.4 is 5.32 Å². The van der Waals surface area contributed by atoms with Crippen LogP contribution >= 0.6 is 22.9 Å². The van der Waals surface area contributed by atoms with Gasteiger partial charge in [0.05, 0.1) is 0 Å². The van der Waals surface area contributed by atoms with E-state index in [9.17, 15) is 13.2 Å². The number of nitrogens with zero attached hydrogens (tertiary/aromatic N) is 3. The molecule has 3 aromatic rings. The maximum atomic E-state index is 12.9. The summed E-state index contributed by atoms with van der Waals surface area (Å²) in [5.41, 5.74) is 0.655. The molecular formula is C18H17ClN4O4S2. The second-order valence-corrected chi connectivity index (χ2v) is 9.97. The van der Waals surface area contributed by atoms with Crippen LogP contribution in [0.3, 0.4) is 0 Å². The topological polar surface area (TPSA) is 105 Å². The second-order valence-electron chi connectivity index (χ2n) is 6.47. The van der Waals surface area contributed by atoms with Crippen molar-refractivity contribution in [3.8, 4) is 11.5 Å². The summed E-state index contributed by atoms with van der Waals surface area (Å²) >= 11 is 7.00. The highest BCUT2D eigenvalue weighted by molar-refractivity contribution is 7.91. The molecule has 1 saturated heterocycles. The molecule has 0 saturated carbocycles. The van der Waals surface area contributed by atoms with Crippen molar-refractivity contribution in [3.05, 3.63) is 46.8 Å². The van der Waals surface area contributed by atoms with Gasteiger partial charge in [-0.25, -0.2) is 8.42 Å². The Morgan fingerprint density at radius 3 is 2.72 bits per heavy atom. The van der Waals surface area contributed by atoms with E-state index in [0.29, 0.717) is 23.4 Å². The van der Waals surface area contributed by atoms with E-state index in [1.54, 1.807) is 41.8 Å². The third kappa shape index (κ3) is 4.20. The number of rotatable bonds is 5. The molecule has 0 radical (unpaired) electrons. The van der Waals surface area contributed by atoms with Crippen molar-refractivity contribution in [3.63, 3.8) is 0 Å². The van der Waals surface area contributed by atoms with Gasteiger partial charge in [-0.1, -0.05) is 29.2 Å². The van der Waals surface area contributed by atoms with Crippen molar-refractivity contribution in [1.29, 1.82) is 0 Å². The zero-order chi connectivity index (χ0) is 20.4. The lowest BCUT2D eigenvalue weighted by Crippen LogP contribution is -2.49. The van der Waals surface area contributed by atoms with E-state index in [1.165, 1.54) is 4.31 Å². The maximum Gasteiger partial charge on any atom is 0.322 e. The molecule has 0 bridgehead atoms. The van der Waals surface area contributed by atoms with Gasteiger partial charge in [-0.2, -0.15) is 4.31 Å². The van der Waals surface area contributed by atoms with Gasteiger partial charge in [0.25, 0.3) is 10.0 Å². The highest BCUT2D eigenvalue weighted by Gasteiger charge is 2.38. The largest absolute Gasteiger partial charge is 0.403 e. The number of aromatic nitrogens is 2. The van der Waals surface area contributed by atoms with E-state index in [-0.39, 0.29) is 22.7 Å². The molecule has 1 aliphatic heterocycles. The molecule has 0 spiro atoms. The molecule has 29 heavy (non-hydrogen) atoms. The number of piperidine rings is 1. The minimum Gasteiger partial charge on any atom is -0.403 e. The SMILES string of the molecule is O=C(Nc1nnc(-c2ccc(Cl)cc2)o1)C1CCCCN1S(=O)(=O)c1cccs1. The first kappa shape index (κ1) is 20.0. The lowest BCUT2D eigenvalue weighted by atomic mass is 10.0. The van der Waals surface area contributed by atoms with Crippen molar-refractivity contribution < 1.29 is 17.6 Å². The Morgan fingerprint density at radius 1 is 1.21 bits per heavy atom. The normalized spacial score (nSPS) is 17.9. The summed E-state index contributed by atoms with van der Waals surface area (Å²) in [5, 5.41) is 12.6. The quantitative estimate of drug-likeness (QED) is 0.633. The first-order valence-corrected chi connectivity index (χ1v) is 11.6.